The molecule has 0 radical (unpaired) electrons. The van der Waals surface area contributed by atoms with Crippen LogP contribution in [0.3, 0.4) is 0 Å². The average molecular weight is 567 g/mol. The Morgan fingerprint density at radius 1 is 0.762 bits per heavy atom. The first-order chi connectivity index (χ1) is 20.4. The van der Waals surface area contributed by atoms with E-state index in [4.69, 9.17) is 9.47 Å². The van der Waals surface area contributed by atoms with Crippen molar-refractivity contribution in [3.05, 3.63) is 132 Å². The number of esters is 1. The van der Waals surface area contributed by atoms with Gasteiger partial charge in [-0.15, -0.1) is 0 Å². The molecular formula is C32H30N4O6. The van der Waals surface area contributed by atoms with Gasteiger partial charge in [0.2, 0.25) is 0 Å². The van der Waals surface area contributed by atoms with Crippen LogP contribution in [0.1, 0.15) is 13.8 Å². The minimum absolute atomic E-state index is 0.109. The van der Waals surface area contributed by atoms with E-state index in [0.717, 1.165) is 10.8 Å². The number of pyridine rings is 1. The molecule has 0 saturated heterocycles. The highest BCUT2D eigenvalue weighted by molar-refractivity contribution is 6.13. The molecule has 0 bridgehead atoms. The predicted molar refractivity (Wildman–Crippen MR) is 154 cm³/mol. The van der Waals surface area contributed by atoms with E-state index in [0.29, 0.717) is 11.4 Å². The van der Waals surface area contributed by atoms with E-state index < -0.39 is 23.7 Å². The molecule has 0 aliphatic carbocycles. The van der Waals surface area contributed by atoms with Crippen molar-refractivity contribution in [3.63, 3.8) is 0 Å². The Hall–Kier alpha value is -5.64. The smallest absolute Gasteiger partial charge is 0.410 e. The number of amides is 2. The molecule has 0 unspecified atom stereocenters. The number of allylic oxidation sites excluding steroid dienone is 2. The molecule has 0 spiro atoms. The highest BCUT2D eigenvalue weighted by Crippen LogP contribution is 2.19. The van der Waals surface area contributed by atoms with Crippen molar-refractivity contribution in [2.24, 2.45) is 0 Å². The first-order valence-electron chi connectivity index (χ1n) is 13.3. The Kier molecular flexibility index (Phi) is 9.87. The molecule has 4 rings (SSSR count). The quantitative estimate of drug-likeness (QED) is 0.134. The summed E-state index contributed by atoms with van der Waals surface area (Å²) in [5, 5.41) is 18.9. The van der Waals surface area contributed by atoms with Crippen LogP contribution < -0.4 is 25.2 Å². The van der Waals surface area contributed by atoms with Crippen molar-refractivity contribution in [1.29, 1.82) is 0 Å². The van der Waals surface area contributed by atoms with Crippen LogP contribution in [0.15, 0.2) is 121 Å². The van der Waals surface area contributed by atoms with Crippen LogP contribution in [-0.4, -0.2) is 35.9 Å². The van der Waals surface area contributed by atoms with Gasteiger partial charge >= 0.3 is 17.6 Å². The van der Waals surface area contributed by atoms with Crippen LogP contribution in [0.2, 0.25) is 0 Å². The molecule has 0 atom stereocenters. The second-order valence-electron chi connectivity index (χ2n) is 8.77. The van der Waals surface area contributed by atoms with E-state index >= 15 is 0 Å². The lowest BCUT2D eigenvalue weighted by Crippen LogP contribution is -2.37. The molecule has 10 heteroatoms. The molecule has 3 aromatic rings. The maximum absolute atomic E-state index is 13.0. The maximum Gasteiger partial charge on any atom is 0.410 e. The zero-order valence-corrected chi connectivity index (χ0v) is 23.2. The second kappa shape index (κ2) is 14.1. The topological polar surface area (TPSA) is 126 Å². The number of benzene rings is 2. The Labute approximate surface area is 242 Å². The SMILES string of the molecule is CCOC(=O)C(C(=O)Nc1ccccc1)=[n+]1ccc(=C2C=CN(C(C(=O)Nc3ccccc3)=C([O-])OCC)C=C2)cc1. The average Bonchev–Trinajstić information content (AvgIpc) is 2.99. The number of anilines is 2. The molecule has 214 valence electrons. The number of para-hydroxylation sites is 2. The standard InChI is InChI=1S/C32H30N4O6/c1-3-41-31(39)27(29(37)33-25-11-7-5-8-12-25)35-19-15-23(16-20-35)24-17-21-36(22-18-24)28(32(40)42-4-2)30(38)34-26-13-9-6-10-14-26/h5-22H,3-4H2,1-2H3,(H2-,33,34,37,38,39). The first-order valence-corrected chi connectivity index (χ1v) is 13.3. The Balaban J connectivity index is 1.63. The molecule has 1 aliphatic rings. The number of nitrogens with zero attached hydrogens (tertiary/aromatic N) is 2. The molecule has 42 heavy (non-hydrogen) atoms. The van der Waals surface area contributed by atoms with Gasteiger partial charge in [-0.3, -0.25) is 9.59 Å². The summed E-state index contributed by atoms with van der Waals surface area (Å²) in [4.78, 5) is 40.1. The third-order valence-electron chi connectivity index (χ3n) is 5.94. The summed E-state index contributed by atoms with van der Waals surface area (Å²) in [6.45, 7) is 3.54. The highest BCUT2D eigenvalue weighted by atomic mass is 16.6. The molecule has 2 amide bonds. The predicted octanol–water partition coefficient (Wildman–Crippen LogP) is 2.25. The summed E-state index contributed by atoms with van der Waals surface area (Å²) in [5.41, 5.74) is 1.44. The second-order valence-corrected chi connectivity index (χ2v) is 8.77. The minimum Gasteiger partial charge on any atom is -0.612 e. The fourth-order valence-electron chi connectivity index (χ4n) is 3.99. The zero-order valence-electron chi connectivity index (χ0n) is 23.2. The van der Waals surface area contributed by atoms with Crippen LogP contribution in [-0.2, 0) is 23.9 Å². The molecule has 2 aromatic carbocycles. The molecule has 1 aromatic heterocycles. The molecule has 0 saturated carbocycles. The number of hydrogen-bond donors (Lipinski definition) is 2. The minimum atomic E-state index is -0.764. The van der Waals surface area contributed by atoms with Crippen molar-refractivity contribution < 1.29 is 33.2 Å². The van der Waals surface area contributed by atoms with Crippen molar-refractivity contribution in [2.45, 2.75) is 13.8 Å². The molecule has 1 aliphatic heterocycles. The lowest BCUT2D eigenvalue weighted by molar-refractivity contribution is -0.516. The fourth-order valence-corrected chi connectivity index (χ4v) is 3.99. The Bertz CT molecular complexity index is 1620. The molecular weight excluding hydrogens is 536 g/mol. The lowest BCUT2D eigenvalue weighted by Gasteiger charge is -2.26. The highest BCUT2D eigenvalue weighted by Gasteiger charge is 2.30. The molecule has 10 nitrogen and oxygen atoms in total. The van der Waals surface area contributed by atoms with E-state index in [9.17, 15) is 19.5 Å². The van der Waals surface area contributed by atoms with Gasteiger partial charge in [-0.05, 0) is 60.7 Å². The summed E-state index contributed by atoms with van der Waals surface area (Å²) in [7, 11) is 0. The summed E-state index contributed by atoms with van der Waals surface area (Å²) >= 11 is 0. The van der Waals surface area contributed by atoms with Crippen LogP contribution in [0.5, 0.6) is 0 Å². The van der Waals surface area contributed by atoms with Gasteiger partial charge in [0.1, 0.15) is 5.70 Å². The van der Waals surface area contributed by atoms with Crippen molar-refractivity contribution in [1.82, 2.24) is 4.90 Å². The van der Waals surface area contributed by atoms with E-state index in [2.05, 4.69) is 10.6 Å². The van der Waals surface area contributed by atoms with Gasteiger partial charge in [-0.25, -0.2) is 4.79 Å². The third-order valence-corrected chi connectivity index (χ3v) is 5.94. The van der Waals surface area contributed by atoms with Gasteiger partial charge in [-0.2, -0.15) is 4.24 Å². The molecule has 2 N–H and O–H groups in total. The summed E-state index contributed by atoms with van der Waals surface area (Å²) in [6, 6.07) is 21.0. The number of carbonyl (C=O) groups excluding carboxylic acids is 3. The maximum atomic E-state index is 13.0. The van der Waals surface area contributed by atoms with Crippen LogP contribution >= 0.6 is 0 Å². The van der Waals surface area contributed by atoms with Crippen LogP contribution in [0, 0.1) is 5.71 Å². The van der Waals surface area contributed by atoms with E-state index in [-0.39, 0.29) is 24.6 Å². The van der Waals surface area contributed by atoms with Crippen LogP contribution in [0.4, 0.5) is 11.4 Å². The van der Waals surface area contributed by atoms with Gasteiger partial charge in [0, 0.05) is 35.9 Å². The summed E-state index contributed by atoms with van der Waals surface area (Å²) in [5.74, 6) is -2.76. The number of rotatable bonds is 9. The lowest BCUT2D eigenvalue weighted by atomic mass is 10.1. The number of nitrogens with one attached hydrogen (secondary N) is 2. The van der Waals surface area contributed by atoms with Gasteiger partial charge in [0.15, 0.2) is 12.4 Å². The van der Waals surface area contributed by atoms with Crippen molar-refractivity contribution >= 4 is 34.7 Å². The monoisotopic (exact) mass is 566 g/mol. The Morgan fingerprint density at radius 2 is 1.29 bits per heavy atom. The largest absolute Gasteiger partial charge is 0.612 e. The third kappa shape index (κ3) is 7.30. The summed E-state index contributed by atoms with van der Waals surface area (Å²) < 4.78 is 11.6. The van der Waals surface area contributed by atoms with Gasteiger partial charge in [0.05, 0.1) is 12.6 Å². The van der Waals surface area contributed by atoms with E-state index in [1.165, 1.54) is 9.14 Å². The number of hydrogen-bond acceptors (Lipinski definition) is 7. The Morgan fingerprint density at radius 3 is 1.81 bits per heavy atom. The fraction of sp³-hybridized carbons (Fsp3) is 0.125. The number of aromatic nitrogens is 1. The normalized spacial score (nSPS) is 12.7. The van der Waals surface area contributed by atoms with Crippen molar-refractivity contribution in [3.8, 4) is 0 Å². The van der Waals surface area contributed by atoms with E-state index in [1.54, 1.807) is 111 Å². The van der Waals surface area contributed by atoms with Crippen LogP contribution in [0.25, 0.3) is 5.57 Å². The number of ether oxygens (including phenoxy) is 2. The molecule has 2 heterocycles. The van der Waals surface area contributed by atoms with Gasteiger partial charge in [0.25, 0.3) is 5.91 Å². The number of carbonyl (C=O) groups is 3. The van der Waals surface area contributed by atoms with Gasteiger partial charge < -0.3 is 30.1 Å². The first kappa shape index (κ1) is 29.3. The summed E-state index contributed by atoms with van der Waals surface area (Å²) in [6.07, 6.45) is 9.78. The van der Waals surface area contributed by atoms with Gasteiger partial charge in [-0.1, -0.05) is 43.3 Å². The van der Waals surface area contributed by atoms with E-state index in [1.807, 2.05) is 12.1 Å². The van der Waals surface area contributed by atoms with Crippen molar-refractivity contribution in [2.75, 3.05) is 23.8 Å². The molecule has 0 fully saturated rings. The zero-order chi connectivity index (χ0) is 29.9.